The highest BCUT2D eigenvalue weighted by Gasteiger charge is 2.25. The summed E-state index contributed by atoms with van der Waals surface area (Å²) in [6.45, 7) is 5.18. The first-order valence-electron chi connectivity index (χ1n) is 6.21. The highest BCUT2D eigenvalue weighted by atomic mass is 35.5. The first-order valence-corrected chi connectivity index (χ1v) is 6.59. The van der Waals surface area contributed by atoms with E-state index in [9.17, 15) is 14.0 Å². The Morgan fingerprint density at radius 1 is 1.50 bits per heavy atom. The van der Waals surface area contributed by atoms with Crippen molar-refractivity contribution in [2.45, 2.75) is 19.4 Å². The summed E-state index contributed by atoms with van der Waals surface area (Å²) in [6.07, 6.45) is -2.33. The summed E-state index contributed by atoms with van der Waals surface area (Å²) in [7, 11) is 1.33. The minimum Gasteiger partial charge on any atom is -0.495 e. The quantitative estimate of drug-likeness (QED) is 0.780. The predicted octanol–water partition coefficient (Wildman–Crippen LogP) is 3.46. The Balaban J connectivity index is 2.88. The maximum Gasteiger partial charge on any atom is 0.412 e. The molecule has 0 aliphatic carbocycles. The van der Waals surface area contributed by atoms with E-state index in [-0.39, 0.29) is 22.0 Å². The van der Waals surface area contributed by atoms with Crippen molar-refractivity contribution in [2.75, 3.05) is 12.4 Å². The van der Waals surface area contributed by atoms with Crippen LogP contribution in [0.2, 0.25) is 5.02 Å². The maximum absolute atomic E-state index is 13.7. The molecule has 0 saturated heterocycles. The summed E-state index contributed by atoms with van der Waals surface area (Å²) >= 11 is 5.73. The second kappa shape index (κ2) is 7.65. The molecule has 2 N–H and O–H groups in total. The largest absolute Gasteiger partial charge is 0.495 e. The molecule has 0 radical (unpaired) electrons. The standard InChI is InChI=1S/C14H15ClFNO5/c1-4-7(2)12(13(18)19)22-14(20)17-10-6-11(21-3)8(15)5-9(10)16/h5-6,12H,2,4H2,1,3H3,(H,17,20)(H,18,19). The molecule has 0 aliphatic heterocycles. The van der Waals surface area contributed by atoms with Crippen molar-refractivity contribution in [1.82, 2.24) is 0 Å². The topological polar surface area (TPSA) is 84.9 Å². The van der Waals surface area contributed by atoms with Gasteiger partial charge in [0.15, 0.2) is 0 Å². The highest BCUT2D eigenvalue weighted by molar-refractivity contribution is 6.32. The van der Waals surface area contributed by atoms with E-state index in [1.807, 2.05) is 0 Å². The lowest BCUT2D eigenvalue weighted by molar-refractivity contribution is -0.144. The summed E-state index contributed by atoms with van der Waals surface area (Å²) < 4.78 is 23.3. The van der Waals surface area contributed by atoms with E-state index in [1.54, 1.807) is 6.92 Å². The number of amides is 1. The lowest BCUT2D eigenvalue weighted by Crippen LogP contribution is -2.30. The average Bonchev–Trinajstić information content (AvgIpc) is 2.46. The van der Waals surface area contributed by atoms with Crippen LogP contribution in [-0.2, 0) is 9.53 Å². The van der Waals surface area contributed by atoms with Gasteiger partial charge in [0.2, 0.25) is 6.10 Å². The molecule has 120 valence electrons. The molecule has 0 aliphatic rings. The van der Waals surface area contributed by atoms with Gasteiger partial charge in [-0.15, -0.1) is 0 Å². The van der Waals surface area contributed by atoms with Crippen molar-refractivity contribution in [2.24, 2.45) is 0 Å². The van der Waals surface area contributed by atoms with Crippen LogP contribution in [-0.4, -0.2) is 30.4 Å². The number of carboxylic acids is 1. The number of aliphatic carboxylic acids is 1. The lowest BCUT2D eigenvalue weighted by atomic mass is 10.1. The van der Waals surface area contributed by atoms with E-state index in [1.165, 1.54) is 7.11 Å². The van der Waals surface area contributed by atoms with Gasteiger partial charge >= 0.3 is 12.1 Å². The van der Waals surface area contributed by atoms with E-state index in [2.05, 4.69) is 11.9 Å². The molecule has 0 saturated carbocycles. The first-order chi connectivity index (χ1) is 10.3. The molecule has 6 nitrogen and oxygen atoms in total. The number of carboxylic acid groups (broad SMARTS) is 1. The molecule has 0 heterocycles. The van der Waals surface area contributed by atoms with Crippen LogP contribution in [0.4, 0.5) is 14.9 Å². The number of carbonyl (C=O) groups is 2. The molecule has 22 heavy (non-hydrogen) atoms. The summed E-state index contributed by atoms with van der Waals surface area (Å²) in [4.78, 5) is 22.7. The normalized spacial score (nSPS) is 11.5. The molecule has 0 spiro atoms. The van der Waals surface area contributed by atoms with Crippen LogP contribution in [0.3, 0.4) is 0 Å². The Morgan fingerprint density at radius 2 is 2.14 bits per heavy atom. The fraction of sp³-hybridized carbons (Fsp3) is 0.286. The van der Waals surface area contributed by atoms with Gasteiger partial charge in [-0.3, -0.25) is 5.32 Å². The van der Waals surface area contributed by atoms with Gasteiger partial charge in [-0.1, -0.05) is 25.1 Å². The summed E-state index contributed by atoms with van der Waals surface area (Å²) in [5.41, 5.74) is -0.0469. The average molecular weight is 332 g/mol. The smallest absolute Gasteiger partial charge is 0.412 e. The van der Waals surface area contributed by atoms with E-state index in [4.69, 9.17) is 26.2 Å². The summed E-state index contributed by atoms with van der Waals surface area (Å²) in [5.74, 6) is -2.04. The summed E-state index contributed by atoms with van der Waals surface area (Å²) in [6, 6.07) is 2.11. The maximum atomic E-state index is 13.7. The molecule has 1 unspecified atom stereocenters. The molecule has 1 amide bonds. The van der Waals surface area contributed by atoms with Gasteiger partial charge in [0.25, 0.3) is 0 Å². The monoisotopic (exact) mass is 331 g/mol. The number of anilines is 1. The third kappa shape index (κ3) is 4.36. The fourth-order valence-electron chi connectivity index (χ4n) is 1.52. The second-order valence-electron chi connectivity index (χ2n) is 4.23. The second-order valence-corrected chi connectivity index (χ2v) is 4.63. The molecule has 8 heteroatoms. The Hall–Kier alpha value is -2.28. The van der Waals surface area contributed by atoms with Crippen LogP contribution in [0.1, 0.15) is 13.3 Å². The van der Waals surface area contributed by atoms with Crippen molar-refractivity contribution in [3.8, 4) is 5.75 Å². The number of carbonyl (C=O) groups excluding carboxylic acids is 1. The SMILES string of the molecule is C=C(CC)C(OC(=O)Nc1cc(OC)c(Cl)cc1F)C(=O)O. The number of hydrogen-bond donors (Lipinski definition) is 2. The van der Waals surface area contributed by atoms with Gasteiger partial charge in [-0.05, 0) is 18.1 Å². The third-order valence-electron chi connectivity index (χ3n) is 2.75. The number of nitrogens with one attached hydrogen (secondary N) is 1. The zero-order valence-corrected chi connectivity index (χ0v) is 12.7. The molecule has 0 bridgehead atoms. The Morgan fingerprint density at radius 3 is 2.64 bits per heavy atom. The Bertz CT molecular complexity index is 605. The molecular formula is C14H15ClFNO5. The van der Waals surface area contributed by atoms with Crippen LogP contribution in [0.15, 0.2) is 24.3 Å². The van der Waals surface area contributed by atoms with Crippen LogP contribution in [0, 0.1) is 5.82 Å². The first kappa shape index (κ1) is 17.8. The number of halogens is 2. The molecule has 1 rings (SSSR count). The van der Waals surface area contributed by atoms with Gasteiger partial charge in [-0.2, -0.15) is 0 Å². The van der Waals surface area contributed by atoms with Gasteiger partial charge in [0.05, 0.1) is 17.8 Å². The van der Waals surface area contributed by atoms with Crippen molar-refractivity contribution in [3.05, 3.63) is 35.1 Å². The van der Waals surface area contributed by atoms with Crippen molar-refractivity contribution >= 4 is 29.4 Å². The number of hydrogen-bond acceptors (Lipinski definition) is 4. The van der Waals surface area contributed by atoms with Crippen LogP contribution < -0.4 is 10.1 Å². The zero-order chi connectivity index (χ0) is 16.9. The van der Waals surface area contributed by atoms with E-state index in [0.29, 0.717) is 6.42 Å². The van der Waals surface area contributed by atoms with E-state index in [0.717, 1.165) is 12.1 Å². The summed E-state index contributed by atoms with van der Waals surface area (Å²) in [5, 5.41) is 11.1. The van der Waals surface area contributed by atoms with Crippen LogP contribution in [0.25, 0.3) is 0 Å². The number of ether oxygens (including phenoxy) is 2. The van der Waals surface area contributed by atoms with E-state index >= 15 is 0 Å². The molecular weight excluding hydrogens is 317 g/mol. The van der Waals surface area contributed by atoms with Crippen molar-refractivity contribution < 1.29 is 28.6 Å². The van der Waals surface area contributed by atoms with Gasteiger partial charge in [0.1, 0.15) is 11.6 Å². The van der Waals surface area contributed by atoms with Crippen LogP contribution in [0.5, 0.6) is 5.75 Å². The fourth-order valence-corrected chi connectivity index (χ4v) is 1.75. The van der Waals surface area contributed by atoms with Gasteiger partial charge in [-0.25, -0.2) is 14.0 Å². The molecule has 0 fully saturated rings. The minimum absolute atomic E-state index is 0.0293. The zero-order valence-electron chi connectivity index (χ0n) is 12.0. The van der Waals surface area contributed by atoms with E-state index < -0.39 is 24.0 Å². The van der Waals surface area contributed by atoms with Crippen molar-refractivity contribution in [3.63, 3.8) is 0 Å². The Labute approximate surface area is 131 Å². The highest BCUT2D eigenvalue weighted by Crippen LogP contribution is 2.30. The minimum atomic E-state index is -1.51. The predicted molar refractivity (Wildman–Crippen MR) is 78.9 cm³/mol. The molecule has 1 aromatic carbocycles. The molecule has 0 aromatic heterocycles. The molecule has 1 aromatic rings. The third-order valence-corrected chi connectivity index (χ3v) is 3.05. The lowest BCUT2D eigenvalue weighted by Gasteiger charge is -2.16. The van der Waals surface area contributed by atoms with Gasteiger partial charge in [0, 0.05) is 6.07 Å². The number of methoxy groups -OCH3 is 1. The molecule has 1 atom stereocenters. The van der Waals surface area contributed by atoms with Gasteiger partial charge < -0.3 is 14.6 Å². The Kier molecular flexibility index (Phi) is 6.18. The van der Waals surface area contributed by atoms with Crippen LogP contribution >= 0.6 is 11.6 Å². The number of benzene rings is 1. The number of rotatable bonds is 6. The van der Waals surface area contributed by atoms with Crippen molar-refractivity contribution in [1.29, 1.82) is 0 Å².